The summed E-state index contributed by atoms with van der Waals surface area (Å²) in [5.41, 5.74) is 2.63. The van der Waals surface area contributed by atoms with E-state index < -0.39 is 0 Å². The molecule has 0 saturated carbocycles. The number of hydrogen-bond acceptors (Lipinski definition) is 4. The number of aryl methyl sites for hydroxylation is 1. The van der Waals surface area contributed by atoms with Crippen molar-refractivity contribution in [1.82, 2.24) is 10.2 Å². The highest BCUT2D eigenvalue weighted by Gasteiger charge is 2.12. The molecule has 2 aromatic rings. The molecule has 144 valence electrons. The third-order valence-electron chi connectivity index (χ3n) is 3.96. The van der Waals surface area contributed by atoms with E-state index in [4.69, 9.17) is 4.74 Å². The van der Waals surface area contributed by atoms with E-state index in [0.717, 1.165) is 27.0 Å². The number of nitrogens with one attached hydrogen (secondary N) is 2. The minimum Gasteiger partial charge on any atom is -0.496 e. The van der Waals surface area contributed by atoms with Gasteiger partial charge in [-0.05, 0) is 43.8 Å². The summed E-state index contributed by atoms with van der Waals surface area (Å²) in [6, 6.07) is 13.2. The molecule has 0 heterocycles. The van der Waals surface area contributed by atoms with Gasteiger partial charge in [-0.3, -0.25) is 14.5 Å². The van der Waals surface area contributed by atoms with Crippen LogP contribution in [0.4, 0.5) is 5.69 Å². The zero-order chi connectivity index (χ0) is 19.8. The average Bonchev–Trinajstić information content (AvgIpc) is 2.62. The number of carbonyl (C=O) groups is 2. The second-order valence-corrected chi connectivity index (χ2v) is 7.18. The van der Waals surface area contributed by atoms with Crippen LogP contribution in [0.2, 0.25) is 0 Å². The summed E-state index contributed by atoms with van der Waals surface area (Å²) in [5.74, 6) is 0.409. The molecular formula is C20H24BrN3O3. The molecule has 0 aliphatic rings. The van der Waals surface area contributed by atoms with Gasteiger partial charge in [0.15, 0.2) is 0 Å². The summed E-state index contributed by atoms with van der Waals surface area (Å²) in [7, 11) is 3.33. The molecule has 0 spiro atoms. The Balaban J connectivity index is 1.79. The highest BCUT2D eigenvalue weighted by Crippen LogP contribution is 2.20. The van der Waals surface area contributed by atoms with Crippen molar-refractivity contribution in [2.45, 2.75) is 13.5 Å². The zero-order valence-electron chi connectivity index (χ0n) is 15.7. The maximum absolute atomic E-state index is 12.2. The molecule has 2 rings (SSSR count). The van der Waals surface area contributed by atoms with Gasteiger partial charge < -0.3 is 15.4 Å². The molecule has 0 aliphatic carbocycles. The first-order valence-corrected chi connectivity index (χ1v) is 9.31. The number of halogens is 1. The van der Waals surface area contributed by atoms with Crippen LogP contribution in [-0.4, -0.2) is 44.0 Å². The van der Waals surface area contributed by atoms with Gasteiger partial charge in [0, 0.05) is 22.3 Å². The Morgan fingerprint density at radius 1 is 1.11 bits per heavy atom. The molecule has 2 aromatic carbocycles. The number of likely N-dealkylation sites (N-methyl/N-ethyl adjacent to an activating group) is 1. The maximum atomic E-state index is 12.2. The number of methoxy groups -OCH3 is 1. The minimum absolute atomic E-state index is 0.123. The van der Waals surface area contributed by atoms with E-state index in [9.17, 15) is 9.59 Å². The van der Waals surface area contributed by atoms with Gasteiger partial charge in [0.25, 0.3) is 0 Å². The van der Waals surface area contributed by atoms with Crippen LogP contribution in [0.1, 0.15) is 11.1 Å². The SMILES string of the molecule is COc1ccccc1CNC(=O)CN(C)CC(=O)Nc1ccc(Br)cc1C. The molecule has 2 amide bonds. The fourth-order valence-electron chi connectivity index (χ4n) is 2.60. The Labute approximate surface area is 168 Å². The van der Waals surface area contributed by atoms with Crippen LogP contribution in [0.25, 0.3) is 0 Å². The van der Waals surface area contributed by atoms with Gasteiger partial charge in [-0.15, -0.1) is 0 Å². The Bertz CT molecular complexity index is 811. The van der Waals surface area contributed by atoms with Gasteiger partial charge in [-0.25, -0.2) is 0 Å². The lowest BCUT2D eigenvalue weighted by Crippen LogP contribution is -2.38. The van der Waals surface area contributed by atoms with E-state index in [1.54, 1.807) is 19.1 Å². The van der Waals surface area contributed by atoms with Crippen LogP contribution < -0.4 is 15.4 Å². The summed E-state index contributed by atoms with van der Waals surface area (Å²) < 4.78 is 6.23. The number of anilines is 1. The molecule has 0 bridgehead atoms. The normalized spacial score (nSPS) is 10.6. The van der Waals surface area contributed by atoms with Gasteiger partial charge in [-0.2, -0.15) is 0 Å². The summed E-state index contributed by atoms with van der Waals surface area (Å²) >= 11 is 3.40. The number of ether oxygens (including phenoxy) is 1. The lowest BCUT2D eigenvalue weighted by Gasteiger charge is -2.17. The number of nitrogens with zero attached hydrogens (tertiary/aromatic N) is 1. The Hall–Kier alpha value is -2.38. The smallest absolute Gasteiger partial charge is 0.238 e. The van der Waals surface area contributed by atoms with E-state index in [1.165, 1.54) is 0 Å². The van der Waals surface area contributed by atoms with Gasteiger partial charge in [-0.1, -0.05) is 34.1 Å². The first-order chi connectivity index (χ1) is 12.9. The first-order valence-electron chi connectivity index (χ1n) is 8.52. The van der Waals surface area contributed by atoms with Crippen molar-refractivity contribution in [1.29, 1.82) is 0 Å². The standard InChI is InChI=1S/C20H24BrN3O3/c1-14-10-16(21)8-9-17(14)23-20(26)13-24(2)12-19(25)22-11-15-6-4-5-7-18(15)27-3/h4-10H,11-13H2,1-3H3,(H,22,25)(H,23,26). The van der Waals surface area contributed by atoms with Gasteiger partial charge in [0.05, 0.1) is 20.2 Å². The monoisotopic (exact) mass is 433 g/mol. The highest BCUT2D eigenvalue weighted by atomic mass is 79.9. The Morgan fingerprint density at radius 2 is 1.81 bits per heavy atom. The number of benzene rings is 2. The molecule has 27 heavy (non-hydrogen) atoms. The fraction of sp³-hybridized carbons (Fsp3) is 0.300. The van der Waals surface area contributed by atoms with Crippen molar-refractivity contribution in [2.24, 2.45) is 0 Å². The van der Waals surface area contributed by atoms with Crippen LogP contribution >= 0.6 is 15.9 Å². The van der Waals surface area contributed by atoms with Crippen molar-refractivity contribution in [3.8, 4) is 5.75 Å². The second kappa shape index (κ2) is 10.1. The third kappa shape index (κ3) is 6.69. The number of rotatable bonds is 8. The van der Waals surface area contributed by atoms with Crippen molar-refractivity contribution in [3.05, 3.63) is 58.1 Å². The molecule has 0 aliphatic heterocycles. The van der Waals surface area contributed by atoms with Crippen LogP contribution in [0.15, 0.2) is 46.9 Å². The number of carbonyl (C=O) groups excluding carboxylic acids is 2. The molecule has 2 N–H and O–H groups in total. The summed E-state index contributed by atoms with van der Waals surface area (Å²) in [5, 5.41) is 5.71. The molecule has 7 heteroatoms. The van der Waals surface area contributed by atoms with E-state index >= 15 is 0 Å². The van der Waals surface area contributed by atoms with Crippen LogP contribution in [0, 0.1) is 6.92 Å². The lowest BCUT2D eigenvalue weighted by molar-refractivity contribution is -0.123. The largest absolute Gasteiger partial charge is 0.496 e. The molecule has 0 fully saturated rings. The molecule has 0 aromatic heterocycles. The second-order valence-electron chi connectivity index (χ2n) is 6.27. The minimum atomic E-state index is -0.166. The molecule has 0 unspecified atom stereocenters. The molecular weight excluding hydrogens is 410 g/mol. The fourth-order valence-corrected chi connectivity index (χ4v) is 3.08. The van der Waals surface area contributed by atoms with Gasteiger partial charge >= 0.3 is 0 Å². The average molecular weight is 434 g/mol. The Kier molecular flexibility index (Phi) is 7.82. The van der Waals surface area contributed by atoms with Crippen molar-refractivity contribution in [3.63, 3.8) is 0 Å². The molecule has 0 radical (unpaired) electrons. The first kappa shape index (κ1) is 20.9. The van der Waals surface area contributed by atoms with Crippen molar-refractivity contribution < 1.29 is 14.3 Å². The zero-order valence-corrected chi connectivity index (χ0v) is 17.3. The Morgan fingerprint density at radius 3 is 2.52 bits per heavy atom. The van der Waals surface area contributed by atoms with Crippen LogP contribution in [-0.2, 0) is 16.1 Å². The van der Waals surface area contributed by atoms with E-state index in [-0.39, 0.29) is 24.9 Å². The predicted octanol–water partition coefficient (Wildman–Crippen LogP) is 2.95. The van der Waals surface area contributed by atoms with Crippen LogP contribution in [0.3, 0.4) is 0 Å². The highest BCUT2D eigenvalue weighted by molar-refractivity contribution is 9.10. The number of amides is 2. The quantitative estimate of drug-likeness (QED) is 0.671. The topological polar surface area (TPSA) is 70.7 Å². The van der Waals surface area contributed by atoms with E-state index in [0.29, 0.717) is 6.54 Å². The molecule has 0 atom stereocenters. The maximum Gasteiger partial charge on any atom is 0.238 e. The van der Waals surface area contributed by atoms with E-state index in [1.807, 2.05) is 49.4 Å². The van der Waals surface area contributed by atoms with Gasteiger partial charge in [0.2, 0.25) is 11.8 Å². The van der Waals surface area contributed by atoms with Crippen LogP contribution in [0.5, 0.6) is 5.75 Å². The number of hydrogen-bond donors (Lipinski definition) is 2. The molecule has 0 saturated heterocycles. The predicted molar refractivity (Wildman–Crippen MR) is 110 cm³/mol. The van der Waals surface area contributed by atoms with Crippen molar-refractivity contribution in [2.75, 3.05) is 32.6 Å². The summed E-state index contributed by atoms with van der Waals surface area (Å²) in [6.45, 7) is 2.55. The summed E-state index contributed by atoms with van der Waals surface area (Å²) in [6.07, 6.45) is 0. The van der Waals surface area contributed by atoms with E-state index in [2.05, 4.69) is 26.6 Å². The number of para-hydroxylation sites is 1. The summed E-state index contributed by atoms with van der Waals surface area (Å²) in [4.78, 5) is 26.0. The van der Waals surface area contributed by atoms with Gasteiger partial charge in [0.1, 0.15) is 5.75 Å². The molecule has 6 nitrogen and oxygen atoms in total. The lowest BCUT2D eigenvalue weighted by atomic mass is 10.2. The third-order valence-corrected chi connectivity index (χ3v) is 4.45. The van der Waals surface area contributed by atoms with Crippen molar-refractivity contribution >= 4 is 33.4 Å².